The summed E-state index contributed by atoms with van der Waals surface area (Å²) in [6, 6.07) is 12.1. The monoisotopic (exact) mass is 316 g/mol. The lowest BCUT2D eigenvalue weighted by atomic mass is 9.93. The van der Waals surface area contributed by atoms with Crippen LogP contribution in [0.5, 0.6) is 0 Å². The van der Waals surface area contributed by atoms with Crippen LogP contribution in [0.2, 0.25) is 10.0 Å². The fourth-order valence-corrected chi connectivity index (χ4v) is 2.70. The van der Waals surface area contributed by atoms with E-state index in [4.69, 9.17) is 34.8 Å². The predicted molar refractivity (Wildman–Crippen MR) is 80.0 cm³/mol. The number of alkyl halides is 1. The Kier molecular flexibility index (Phi) is 5.09. The van der Waals surface area contributed by atoms with Gasteiger partial charge in [-0.05, 0) is 29.7 Å². The summed E-state index contributed by atoms with van der Waals surface area (Å²) < 4.78 is 13.8. The molecular weight excluding hydrogens is 306 g/mol. The van der Waals surface area contributed by atoms with E-state index in [-0.39, 0.29) is 11.7 Å². The first-order valence-corrected chi connectivity index (χ1v) is 7.15. The molecule has 0 aliphatic heterocycles. The molecule has 4 heteroatoms. The highest BCUT2D eigenvalue weighted by molar-refractivity contribution is 6.42. The summed E-state index contributed by atoms with van der Waals surface area (Å²) in [5.74, 6) is -0.0471. The molecule has 0 amide bonds. The van der Waals surface area contributed by atoms with Gasteiger partial charge in [0.15, 0.2) is 0 Å². The topological polar surface area (TPSA) is 0 Å². The van der Waals surface area contributed by atoms with Gasteiger partial charge < -0.3 is 0 Å². The maximum absolute atomic E-state index is 13.8. The van der Waals surface area contributed by atoms with Gasteiger partial charge in [-0.2, -0.15) is 0 Å². The van der Waals surface area contributed by atoms with Crippen molar-refractivity contribution in [1.29, 1.82) is 0 Å². The van der Waals surface area contributed by atoms with Crippen molar-refractivity contribution < 1.29 is 4.39 Å². The molecule has 2 rings (SSSR count). The normalized spacial score (nSPS) is 12.4. The zero-order chi connectivity index (χ0) is 13.8. The van der Waals surface area contributed by atoms with E-state index in [0.29, 0.717) is 27.9 Å². The van der Waals surface area contributed by atoms with Crippen LogP contribution in [-0.2, 0) is 6.42 Å². The Morgan fingerprint density at radius 2 is 1.74 bits per heavy atom. The Bertz CT molecular complexity index is 569. The molecule has 0 aliphatic rings. The van der Waals surface area contributed by atoms with Crippen LogP contribution in [0, 0.1) is 5.82 Å². The molecule has 0 nitrogen and oxygen atoms in total. The third-order valence-electron chi connectivity index (χ3n) is 3.03. The Morgan fingerprint density at radius 1 is 1.00 bits per heavy atom. The highest BCUT2D eigenvalue weighted by Gasteiger charge is 2.17. The molecule has 19 heavy (non-hydrogen) atoms. The molecule has 2 aromatic rings. The second-order valence-corrected chi connectivity index (χ2v) is 5.38. The van der Waals surface area contributed by atoms with Crippen molar-refractivity contribution in [2.45, 2.75) is 12.3 Å². The fourth-order valence-electron chi connectivity index (χ4n) is 2.03. The summed E-state index contributed by atoms with van der Waals surface area (Å²) in [5, 5.41) is 1.01. The zero-order valence-electron chi connectivity index (χ0n) is 10.0. The first-order valence-electron chi connectivity index (χ1n) is 5.86. The third-order valence-corrected chi connectivity index (χ3v) is 4.26. The van der Waals surface area contributed by atoms with Crippen LogP contribution < -0.4 is 0 Å². The van der Waals surface area contributed by atoms with Crippen molar-refractivity contribution in [3.63, 3.8) is 0 Å². The third kappa shape index (κ3) is 3.42. The number of rotatable bonds is 4. The zero-order valence-corrected chi connectivity index (χ0v) is 12.3. The molecular formula is C15H12Cl3F. The minimum absolute atomic E-state index is 0.126. The van der Waals surface area contributed by atoms with Crippen molar-refractivity contribution in [2.75, 3.05) is 5.88 Å². The largest absolute Gasteiger partial charge is 0.207 e. The Morgan fingerprint density at radius 3 is 2.42 bits per heavy atom. The van der Waals surface area contributed by atoms with E-state index in [1.165, 1.54) is 6.07 Å². The average Bonchev–Trinajstić information content (AvgIpc) is 2.41. The molecule has 0 aromatic heterocycles. The van der Waals surface area contributed by atoms with Crippen molar-refractivity contribution in [1.82, 2.24) is 0 Å². The van der Waals surface area contributed by atoms with Gasteiger partial charge in [-0.3, -0.25) is 0 Å². The second-order valence-electron chi connectivity index (χ2n) is 4.29. The molecule has 0 saturated heterocycles. The van der Waals surface area contributed by atoms with Gasteiger partial charge in [0.05, 0.1) is 10.0 Å². The highest BCUT2D eigenvalue weighted by Crippen LogP contribution is 2.31. The summed E-state index contributed by atoms with van der Waals surface area (Å²) in [5.41, 5.74) is 1.48. The molecule has 0 heterocycles. The SMILES string of the molecule is Fc1ccccc1C(CCl)Cc1cccc(Cl)c1Cl. The van der Waals surface area contributed by atoms with E-state index in [1.54, 1.807) is 24.3 Å². The predicted octanol–water partition coefficient (Wildman–Crippen LogP) is 5.70. The van der Waals surface area contributed by atoms with Gasteiger partial charge >= 0.3 is 0 Å². The summed E-state index contributed by atoms with van der Waals surface area (Å²) in [6.45, 7) is 0. The molecule has 1 atom stereocenters. The maximum Gasteiger partial charge on any atom is 0.126 e. The maximum atomic E-state index is 13.8. The minimum Gasteiger partial charge on any atom is -0.207 e. The van der Waals surface area contributed by atoms with E-state index >= 15 is 0 Å². The lowest BCUT2D eigenvalue weighted by molar-refractivity contribution is 0.589. The second kappa shape index (κ2) is 6.60. The van der Waals surface area contributed by atoms with E-state index in [1.807, 2.05) is 12.1 Å². The van der Waals surface area contributed by atoms with Crippen LogP contribution in [0.15, 0.2) is 42.5 Å². The van der Waals surface area contributed by atoms with Crippen LogP contribution in [0.1, 0.15) is 17.0 Å². The van der Waals surface area contributed by atoms with Gasteiger partial charge in [0, 0.05) is 11.8 Å². The summed E-state index contributed by atoms with van der Waals surface area (Å²) in [4.78, 5) is 0. The Hall–Kier alpha value is -0.760. The van der Waals surface area contributed by atoms with Crippen molar-refractivity contribution >= 4 is 34.8 Å². The molecule has 0 saturated carbocycles. The first kappa shape index (κ1) is 14.6. The molecule has 0 aliphatic carbocycles. The fraction of sp³-hybridized carbons (Fsp3) is 0.200. The number of hydrogen-bond acceptors (Lipinski definition) is 0. The van der Waals surface area contributed by atoms with Gasteiger partial charge in [0.1, 0.15) is 5.82 Å². The number of benzene rings is 2. The van der Waals surface area contributed by atoms with Gasteiger partial charge in [-0.25, -0.2) is 4.39 Å². The van der Waals surface area contributed by atoms with Crippen molar-refractivity contribution in [2.24, 2.45) is 0 Å². The highest BCUT2D eigenvalue weighted by atomic mass is 35.5. The molecule has 0 N–H and O–H groups in total. The summed E-state index contributed by atoms with van der Waals surface area (Å²) in [6.07, 6.45) is 0.559. The Balaban J connectivity index is 2.30. The smallest absolute Gasteiger partial charge is 0.126 e. The lowest BCUT2D eigenvalue weighted by Crippen LogP contribution is -2.07. The van der Waals surface area contributed by atoms with Crippen molar-refractivity contribution in [3.05, 3.63) is 69.5 Å². The Labute approximate surface area is 127 Å². The summed E-state index contributed by atoms with van der Waals surface area (Å²) in [7, 11) is 0. The van der Waals surface area contributed by atoms with Crippen LogP contribution in [0.25, 0.3) is 0 Å². The minimum atomic E-state index is -0.244. The van der Waals surface area contributed by atoms with Crippen LogP contribution in [0.3, 0.4) is 0 Å². The van der Waals surface area contributed by atoms with Crippen LogP contribution in [0.4, 0.5) is 4.39 Å². The van der Waals surface area contributed by atoms with Gasteiger partial charge in [0.2, 0.25) is 0 Å². The summed E-state index contributed by atoms with van der Waals surface area (Å²) >= 11 is 18.1. The molecule has 0 fully saturated rings. The number of halogens is 4. The van der Waals surface area contributed by atoms with Gasteiger partial charge in [0.25, 0.3) is 0 Å². The molecule has 100 valence electrons. The van der Waals surface area contributed by atoms with Crippen molar-refractivity contribution in [3.8, 4) is 0 Å². The quantitative estimate of drug-likeness (QED) is 0.635. The molecule has 0 spiro atoms. The van der Waals surface area contributed by atoms with Crippen LogP contribution in [-0.4, -0.2) is 5.88 Å². The van der Waals surface area contributed by atoms with Gasteiger partial charge in [-0.1, -0.05) is 53.5 Å². The van der Waals surface area contributed by atoms with E-state index in [2.05, 4.69) is 0 Å². The average molecular weight is 318 g/mol. The lowest BCUT2D eigenvalue weighted by Gasteiger charge is -2.16. The molecule has 0 bridgehead atoms. The number of hydrogen-bond donors (Lipinski definition) is 0. The van der Waals surface area contributed by atoms with E-state index in [9.17, 15) is 4.39 Å². The van der Waals surface area contributed by atoms with Crippen LogP contribution >= 0.6 is 34.8 Å². The molecule has 2 aromatic carbocycles. The molecule has 0 radical (unpaired) electrons. The standard InChI is InChI=1S/C15H12Cl3F/c16-9-11(12-5-1-2-7-14(12)19)8-10-4-3-6-13(17)15(10)18/h1-7,11H,8-9H2. The first-order chi connectivity index (χ1) is 9.13. The van der Waals surface area contributed by atoms with Gasteiger partial charge in [-0.15, -0.1) is 11.6 Å². The van der Waals surface area contributed by atoms with E-state index in [0.717, 1.165) is 5.56 Å². The van der Waals surface area contributed by atoms with E-state index < -0.39 is 0 Å². The molecule has 1 unspecified atom stereocenters.